The standard InChI is InChI=1S/C18H26N2O3S2/c21-17(19-11-14-5-4-10-24-14)16-12-20(25(22,23)15-6-7-15)13-18(16)8-2-1-3-9-18/h4-5,10,15-16H,1-3,6-9,11-13H2,(H,19,21)/t16-/m0/s1. The Morgan fingerprint density at radius 3 is 2.68 bits per heavy atom. The van der Waals surface area contributed by atoms with E-state index in [1.54, 1.807) is 15.6 Å². The molecular weight excluding hydrogens is 356 g/mol. The molecule has 1 N–H and O–H groups in total. The maximum atomic E-state index is 12.9. The molecule has 0 aromatic carbocycles. The number of hydrogen-bond donors (Lipinski definition) is 1. The summed E-state index contributed by atoms with van der Waals surface area (Å²) in [6.45, 7) is 1.45. The minimum absolute atomic E-state index is 0.0313. The third kappa shape index (κ3) is 3.38. The molecule has 3 aliphatic rings. The lowest BCUT2D eigenvalue weighted by Crippen LogP contribution is -2.42. The molecule has 1 aromatic heterocycles. The lowest BCUT2D eigenvalue weighted by atomic mass is 9.67. The maximum Gasteiger partial charge on any atom is 0.225 e. The van der Waals surface area contributed by atoms with Crippen LogP contribution in [0.5, 0.6) is 0 Å². The van der Waals surface area contributed by atoms with Crippen molar-refractivity contribution >= 4 is 27.3 Å². The molecule has 1 saturated heterocycles. The summed E-state index contributed by atoms with van der Waals surface area (Å²) in [4.78, 5) is 14.1. The fraction of sp³-hybridized carbons (Fsp3) is 0.722. The van der Waals surface area contributed by atoms with Gasteiger partial charge in [0.05, 0.1) is 17.7 Å². The largest absolute Gasteiger partial charge is 0.351 e. The van der Waals surface area contributed by atoms with E-state index in [-0.39, 0.29) is 22.5 Å². The summed E-state index contributed by atoms with van der Waals surface area (Å²) in [5.41, 5.74) is -0.153. The minimum atomic E-state index is -3.21. The molecule has 1 aromatic rings. The smallest absolute Gasteiger partial charge is 0.225 e. The van der Waals surface area contributed by atoms with Crippen molar-refractivity contribution in [1.82, 2.24) is 9.62 Å². The van der Waals surface area contributed by atoms with Crippen molar-refractivity contribution in [1.29, 1.82) is 0 Å². The maximum absolute atomic E-state index is 12.9. The van der Waals surface area contributed by atoms with Crippen molar-refractivity contribution in [2.75, 3.05) is 13.1 Å². The van der Waals surface area contributed by atoms with Crippen molar-refractivity contribution in [3.63, 3.8) is 0 Å². The number of carbonyl (C=O) groups is 1. The first-order chi connectivity index (χ1) is 12.0. The average molecular weight is 383 g/mol. The highest BCUT2D eigenvalue weighted by atomic mass is 32.2. The molecule has 138 valence electrons. The van der Waals surface area contributed by atoms with Gasteiger partial charge in [-0.15, -0.1) is 11.3 Å². The van der Waals surface area contributed by atoms with Crippen LogP contribution < -0.4 is 5.32 Å². The van der Waals surface area contributed by atoms with Gasteiger partial charge in [-0.25, -0.2) is 12.7 Å². The van der Waals surface area contributed by atoms with E-state index in [1.165, 1.54) is 6.42 Å². The lowest BCUT2D eigenvalue weighted by Gasteiger charge is -2.37. The molecular formula is C18H26N2O3S2. The first kappa shape index (κ1) is 17.5. The van der Waals surface area contributed by atoms with Gasteiger partial charge in [-0.2, -0.15) is 0 Å². The molecule has 0 radical (unpaired) electrons. The number of rotatable bonds is 5. The van der Waals surface area contributed by atoms with Crippen LogP contribution in [0, 0.1) is 11.3 Å². The van der Waals surface area contributed by atoms with Crippen LogP contribution in [0.15, 0.2) is 17.5 Å². The van der Waals surface area contributed by atoms with E-state index in [4.69, 9.17) is 0 Å². The van der Waals surface area contributed by atoms with Gasteiger partial charge in [0, 0.05) is 18.0 Å². The van der Waals surface area contributed by atoms with Gasteiger partial charge < -0.3 is 5.32 Å². The van der Waals surface area contributed by atoms with Crippen LogP contribution in [0.4, 0.5) is 0 Å². The topological polar surface area (TPSA) is 66.5 Å². The van der Waals surface area contributed by atoms with E-state index in [1.807, 2.05) is 17.5 Å². The van der Waals surface area contributed by atoms with Gasteiger partial charge in [-0.05, 0) is 42.5 Å². The summed E-state index contributed by atoms with van der Waals surface area (Å²) in [5, 5.41) is 4.88. The Morgan fingerprint density at radius 2 is 2.04 bits per heavy atom. The highest BCUT2D eigenvalue weighted by molar-refractivity contribution is 7.90. The first-order valence-corrected chi connectivity index (χ1v) is 11.7. The second-order valence-corrected chi connectivity index (χ2v) is 11.1. The van der Waals surface area contributed by atoms with Crippen LogP contribution in [0.25, 0.3) is 0 Å². The highest BCUT2D eigenvalue weighted by Gasteiger charge is 2.54. The average Bonchev–Trinajstić information content (AvgIpc) is 3.23. The lowest BCUT2D eigenvalue weighted by molar-refractivity contribution is -0.128. The molecule has 7 heteroatoms. The van der Waals surface area contributed by atoms with E-state index in [0.717, 1.165) is 43.4 Å². The molecule has 1 aliphatic heterocycles. The molecule has 0 unspecified atom stereocenters. The van der Waals surface area contributed by atoms with E-state index >= 15 is 0 Å². The second-order valence-electron chi connectivity index (χ2n) is 7.81. The molecule has 1 atom stereocenters. The molecule has 4 rings (SSSR count). The second kappa shape index (κ2) is 6.67. The Hall–Kier alpha value is -0.920. The molecule has 25 heavy (non-hydrogen) atoms. The molecule has 3 fully saturated rings. The number of nitrogens with zero attached hydrogens (tertiary/aromatic N) is 1. The number of amides is 1. The van der Waals surface area contributed by atoms with Crippen LogP contribution in [-0.4, -0.2) is 37.0 Å². The summed E-state index contributed by atoms with van der Waals surface area (Å²) < 4.78 is 27.1. The normalized spacial score (nSPS) is 26.8. The molecule has 1 amide bonds. The van der Waals surface area contributed by atoms with Crippen LogP contribution in [0.2, 0.25) is 0 Å². The van der Waals surface area contributed by atoms with Crippen molar-refractivity contribution in [2.24, 2.45) is 11.3 Å². The summed E-state index contributed by atoms with van der Waals surface area (Å²) in [7, 11) is -3.21. The van der Waals surface area contributed by atoms with Gasteiger partial charge in [0.25, 0.3) is 0 Å². The van der Waals surface area contributed by atoms with Gasteiger partial charge in [0.1, 0.15) is 0 Å². The third-order valence-corrected chi connectivity index (χ3v) is 9.29. The number of nitrogens with one attached hydrogen (secondary N) is 1. The predicted molar refractivity (Wildman–Crippen MR) is 98.7 cm³/mol. The summed E-state index contributed by atoms with van der Waals surface area (Å²) in [6.07, 6.45) is 6.91. The summed E-state index contributed by atoms with van der Waals surface area (Å²) >= 11 is 1.63. The van der Waals surface area contributed by atoms with Crippen LogP contribution in [-0.2, 0) is 21.4 Å². The first-order valence-electron chi connectivity index (χ1n) is 9.30. The Bertz CT molecular complexity index is 720. The molecule has 5 nitrogen and oxygen atoms in total. The van der Waals surface area contributed by atoms with E-state index < -0.39 is 10.0 Å². The summed E-state index contributed by atoms with van der Waals surface area (Å²) in [6, 6.07) is 3.99. The van der Waals surface area contributed by atoms with Crippen molar-refractivity contribution < 1.29 is 13.2 Å². The number of carbonyl (C=O) groups excluding carboxylic acids is 1. The van der Waals surface area contributed by atoms with Crippen molar-refractivity contribution in [2.45, 2.75) is 56.7 Å². The van der Waals surface area contributed by atoms with Gasteiger partial charge in [0.15, 0.2) is 0 Å². The van der Waals surface area contributed by atoms with Crippen LogP contribution in [0.3, 0.4) is 0 Å². The highest BCUT2D eigenvalue weighted by Crippen LogP contribution is 2.49. The number of sulfonamides is 1. The minimum Gasteiger partial charge on any atom is -0.351 e. The van der Waals surface area contributed by atoms with Crippen LogP contribution >= 0.6 is 11.3 Å². The van der Waals surface area contributed by atoms with Gasteiger partial charge in [-0.1, -0.05) is 25.3 Å². The Labute approximate surface area is 153 Å². The van der Waals surface area contributed by atoms with Crippen molar-refractivity contribution in [3.05, 3.63) is 22.4 Å². The van der Waals surface area contributed by atoms with Crippen molar-refractivity contribution in [3.8, 4) is 0 Å². The zero-order valence-corrected chi connectivity index (χ0v) is 16.1. The Balaban J connectivity index is 1.51. The fourth-order valence-electron chi connectivity index (χ4n) is 4.53. The molecule has 2 saturated carbocycles. The quantitative estimate of drug-likeness (QED) is 0.851. The van der Waals surface area contributed by atoms with Crippen LogP contribution in [0.1, 0.15) is 49.8 Å². The summed E-state index contributed by atoms with van der Waals surface area (Å²) in [5.74, 6) is -0.176. The molecule has 1 spiro atoms. The Kier molecular flexibility index (Phi) is 4.67. The SMILES string of the molecule is O=C(NCc1cccs1)[C@@H]1CN(S(=O)(=O)C2CC2)CC12CCCCC2. The fourth-order valence-corrected chi connectivity index (χ4v) is 7.12. The number of thiophene rings is 1. The zero-order valence-electron chi connectivity index (χ0n) is 14.4. The van der Waals surface area contributed by atoms with E-state index in [2.05, 4.69) is 5.32 Å². The predicted octanol–water partition coefficient (Wildman–Crippen LogP) is 2.74. The zero-order chi connectivity index (χ0) is 17.5. The molecule has 0 bridgehead atoms. The number of hydrogen-bond acceptors (Lipinski definition) is 4. The van der Waals surface area contributed by atoms with E-state index in [9.17, 15) is 13.2 Å². The monoisotopic (exact) mass is 382 g/mol. The Morgan fingerprint density at radius 1 is 1.28 bits per heavy atom. The molecule has 2 heterocycles. The van der Waals surface area contributed by atoms with E-state index in [0.29, 0.717) is 19.6 Å². The molecule has 2 aliphatic carbocycles. The van der Waals surface area contributed by atoms with Gasteiger partial charge >= 0.3 is 0 Å². The van der Waals surface area contributed by atoms with Gasteiger partial charge in [0.2, 0.25) is 15.9 Å². The van der Waals surface area contributed by atoms with Gasteiger partial charge in [-0.3, -0.25) is 4.79 Å². The third-order valence-electron chi connectivity index (χ3n) is 6.10.